The number of carboxylic acid groups (broad SMARTS) is 1. The highest BCUT2D eigenvalue weighted by atomic mass is 32.1. The van der Waals surface area contributed by atoms with Gasteiger partial charge in [0.25, 0.3) is 0 Å². The number of pyridine rings is 1. The Morgan fingerprint density at radius 1 is 1.24 bits per heavy atom. The van der Waals surface area contributed by atoms with E-state index in [0.29, 0.717) is 30.6 Å². The van der Waals surface area contributed by atoms with Crippen LogP contribution in [0.5, 0.6) is 5.75 Å². The molecule has 0 saturated heterocycles. The van der Waals surface area contributed by atoms with Gasteiger partial charge in [-0.25, -0.2) is 9.78 Å². The third-order valence-corrected chi connectivity index (χ3v) is 7.55. The van der Waals surface area contributed by atoms with Crippen molar-refractivity contribution in [1.82, 2.24) is 9.55 Å². The van der Waals surface area contributed by atoms with Crippen LogP contribution in [0.1, 0.15) is 60.6 Å². The Morgan fingerprint density at radius 2 is 2.00 bits per heavy atom. The number of thiazole rings is 1. The molecule has 3 heterocycles. The molecule has 1 saturated carbocycles. The van der Waals surface area contributed by atoms with E-state index in [0.717, 1.165) is 39.4 Å². The van der Waals surface area contributed by atoms with E-state index in [2.05, 4.69) is 31.8 Å². The van der Waals surface area contributed by atoms with Crippen LogP contribution >= 0.6 is 11.3 Å². The molecule has 8 heteroatoms. The van der Waals surface area contributed by atoms with Crippen molar-refractivity contribution in [2.45, 2.75) is 58.8 Å². The molecule has 0 radical (unpaired) electrons. The van der Waals surface area contributed by atoms with Gasteiger partial charge in [0.05, 0.1) is 30.4 Å². The summed E-state index contributed by atoms with van der Waals surface area (Å²) in [7, 11) is 1.63. The van der Waals surface area contributed by atoms with Crippen LogP contribution in [0, 0.1) is 5.41 Å². The quantitative estimate of drug-likeness (QED) is 0.524. The summed E-state index contributed by atoms with van der Waals surface area (Å²) in [4.78, 5) is 29.8. The van der Waals surface area contributed by atoms with Crippen LogP contribution in [0.25, 0.3) is 21.7 Å². The minimum Gasteiger partial charge on any atom is -0.496 e. The average molecular weight is 481 g/mol. The van der Waals surface area contributed by atoms with Crippen molar-refractivity contribution in [2.75, 3.05) is 7.11 Å². The number of carbonyl (C=O) groups is 1. The molecule has 1 unspecified atom stereocenters. The van der Waals surface area contributed by atoms with E-state index in [4.69, 9.17) is 9.47 Å². The summed E-state index contributed by atoms with van der Waals surface area (Å²) >= 11 is 1.60. The lowest BCUT2D eigenvalue weighted by atomic mass is 9.78. The summed E-state index contributed by atoms with van der Waals surface area (Å²) in [5.74, 6) is -0.522. The lowest BCUT2D eigenvalue weighted by Gasteiger charge is -2.39. The van der Waals surface area contributed by atoms with Gasteiger partial charge < -0.3 is 19.1 Å². The summed E-state index contributed by atoms with van der Waals surface area (Å²) in [6.07, 6.45) is 6.71. The maximum Gasteiger partial charge on any atom is 0.341 e. The van der Waals surface area contributed by atoms with Crippen LogP contribution in [0.15, 0.2) is 35.4 Å². The summed E-state index contributed by atoms with van der Waals surface area (Å²) in [5, 5.41) is 10.5. The molecule has 1 fully saturated rings. The molecular weight excluding hydrogens is 452 g/mol. The smallest absolute Gasteiger partial charge is 0.341 e. The number of methoxy groups -OCH3 is 1. The third kappa shape index (κ3) is 4.16. The minimum atomic E-state index is -1.21. The molecule has 2 aliphatic rings. The topological polar surface area (TPSA) is 90.7 Å². The number of hydrogen-bond donors (Lipinski definition) is 1. The molecule has 1 N–H and O–H groups in total. The number of ether oxygens (including phenoxy) is 2. The van der Waals surface area contributed by atoms with Gasteiger partial charge in [0.15, 0.2) is 5.43 Å². The zero-order valence-electron chi connectivity index (χ0n) is 19.8. The first kappa shape index (κ1) is 22.8. The van der Waals surface area contributed by atoms with Crippen LogP contribution in [-0.2, 0) is 17.8 Å². The maximum absolute atomic E-state index is 12.6. The lowest BCUT2D eigenvalue weighted by molar-refractivity contribution is 0.0693. The number of fused-ring (bicyclic) bond motifs is 3. The van der Waals surface area contributed by atoms with Crippen molar-refractivity contribution in [3.05, 3.63) is 57.0 Å². The molecular formula is C26H28N2O5S. The standard InChI is InChI=1S/C26H28N2O5S/c1-26(2,3)23-8-14-7-17(22-11-27-24(34-22)13-33-15-5-6-15)21(32-4)9-16(14)19-10-20(29)18(25(30)31)12-28(19)23/h7,9-12,15,23H,5-6,8,13H2,1-4H3,(H,30,31). The number of aromatic nitrogens is 2. The number of rotatable bonds is 6. The highest BCUT2D eigenvalue weighted by molar-refractivity contribution is 7.15. The van der Waals surface area contributed by atoms with Gasteiger partial charge in [0, 0.05) is 35.6 Å². The Hall–Kier alpha value is -2.97. The van der Waals surface area contributed by atoms with Gasteiger partial charge in [-0.05, 0) is 42.4 Å². The first-order chi connectivity index (χ1) is 16.2. The van der Waals surface area contributed by atoms with E-state index in [1.807, 2.05) is 16.8 Å². The van der Waals surface area contributed by atoms with Gasteiger partial charge in [-0.3, -0.25) is 4.79 Å². The molecule has 0 amide bonds. The molecule has 5 rings (SSSR count). The lowest BCUT2D eigenvalue weighted by Crippen LogP contribution is -2.32. The van der Waals surface area contributed by atoms with E-state index in [-0.39, 0.29) is 17.0 Å². The zero-order valence-corrected chi connectivity index (χ0v) is 20.6. The van der Waals surface area contributed by atoms with Crippen LogP contribution < -0.4 is 10.2 Å². The van der Waals surface area contributed by atoms with Crippen LogP contribution in [0.2, 0.25) is 0 Å². The van der Waals surface area contributed by atoms with Crippen molar-refractivity contribution in [3.8, 4) is 27.4 Å². The fourth-order valence-corrected chi connectivity index (χ4v) is 5.39. The first-order valence-corrected chi connectivity index (χ1v) is 12.2. The summed E-state index contributed by atoms with van der Waals surface area (Å²) < 4.78 is 13.5. The second-order valence-electron chi connectivity index (χ2n) is 10.1. The molecule has 7 nitrogen and oxygen atoms in total. The Balaban J connectivity index is 1.62. The van der Waals surface area contributed by atoms with Gasteiger partial charge in [0.1, 0.15) is 16.3 Å². The van der Waals surface area contributed by atoms with Gasteiger partial charge in [0.2, 0.25) is 0 Å². The van der Waals surface area contributed by atoms with Crippen LogP contribution in [-0.4, -0.2) is 33.8 Å². The Morgan fingerprint density at radius 3 is 2.65 bits per heavy atom. The van der Waals surface area contributed by atoms with Gasteiger partial charge in [-0.2, -0.15) is 0 Å². The van der Waals surface area contributed by atoms with Crippen molar-refractivity contribution in [2.24, 2.45) is 5.41 Å². The highest BCUT2D eigenvalue weighted by Crippen LogP contribution is 2.46. The van der Waals surface area contributed by atoms with Crippen LogP contribution in [0.3, 0.4) is 0 Å². The number of aromatic carboxylic acids is 1. The van der Waals surface area contributed by atoms with E-state index in [9.17, 15) is 14.7 Å². The monoisotopic (exact) mass is 480 g/mol. The second-order valence-corrected chi connectivity index (χ2v) is 11.2. The van der Waals surface area contributed by atoms with E-state index >= 15 is 0 Å². The normalized spacial score (nSPS) is 17.2. The van der Waals surface area contributed by atoms with Crippen molar-refractivity contribution < 1.29 is 19.4 Å². The Kier molecular flexibility index (Phi) is 5.61. The van der Waals surface area contributed by atoms with Gasteiger partial charge in [-0.1, -0.05) is 20.8 Å². The minimum absolute atomic E-state index is 0.0149. The molecule has 34 heavy (non-hydrogen) atoms. The summed E-state index contributed by atoms with van der Waals surface area (Å²) in [6.45, 7) is 6.91. The van der Waals surface area contributed by atoms with Crippen molar-refractivity contribution >= 4 is 17.3 Å². The Bertz CT molecular complexity index is 1330. The predicted octanol–water partition coefficient (Wildman–Crippen LogP) is 5.17. The summed E-state index contributed by atoms with van der Waals surface area (Å²) in [6, 6.07) is 5.51. The van der Waals surface area contributed by atoms with E-state index in [1.165, 1.54) is 12.3 Å². The SMILES string of the molecule is COc1cc2c(cc1-c1cnc(COC3CC3)s1)CC(C(C)(C)C)n1cc(C(=O)O)c(=O)cc1-2. The fraction of sp³-hybridized carbons (Fsp3) is 0.423. The van der Waals surface area contributed by atoms with E-state index < -0.39 is 11.4 Å². The molecule has 0 bridgehead atoms. The second kappa shape index (κ2) is 8.36. The molecule has 1 atom stereocenters. The highest BCUT2D eigenvalue weighted by Gasteiger charge is 2.34. The molecule has 3 aromatic rings. The van der Waals surface area contributed by atoms with Crippen molar-refractivity contribution in [1.29, 1.82) is 0 Å². The summed E-state index contributed by atoms with van der Waals surface area (Å²) in [5.41, 5.74) is 2.79. The third-order valence-electron chi connectivity index (χ3n) is 6.55. The molecule has 0 spiro atoms. The zero-order chi connectivity index (χ0) is 24.2. The van der Waals surface area contributed by atoms with Crippen LogP contribution in [0.4, 0.5) is 0 Å². The van der Waals surface area contributed by atoms with Gasteiger partial charge >= 0.3 is 5.97 Å². The predicted molar refractivity (Wildman–Crippen MR) is 131 cm³/mol. The van der Waals surface area contributed by atoms with Gasteiger partial charge in [-0.15, -0.1) is 11.3 Å². The number of carboxylic acids is 1. The fourth-order valence-electron chi connectivity index (χ4n) is 4.53. The number of benzene rings is 1. The number of hydrogen-bond acceptors (Lipinski definition) is 6. The molecule has 1 aliphatic carbocycles. The molecule has 178 valence electrons. The van der Waals surface area contributed by atoms with Crippen molar-refractivity contribution in [3.63, 3.8) is 0 Å². The average Bonchev–Trinajstić information content (AvgIpc) is 3.50. The maximum atomic E-state index is 12.6. The molecule has 1 aliphatic heterocycles. The number of nitrogens with zero attached hydrogens (tertiary/aromatic N) is 2. The van der Waals surface area contributed by atoms with E-state index in [1.54, 1.807) is 18.4 Å². The first-order valence-electron chi connectivity index (χ1n) is 11.4. The Labute approximate surface area is 202 Å². The largest absolute Gasteiger partial charge is 0.496 e. The molecule has 1 aromatic carbocycles. The molecule has 2 aromatic heterocycles.